The van der Waals surface area contributed by atoms with E-state index in [1.54, 1.807) is 0 Å². The SMILES string of the molecule is CC1=C(c2ccccc2CCc2ccc(-n3c4ccc(-n5c6ccccc6c6ccc7c(c65)C=C(C5=CC=CCC5)Cc5ccccc5-7)cc4c4cc(-n5c6ccccc6c6ccc7c(c65)C(C5=CC=CCC5)c5ccccc5-7)ccc43)cc2)CCc2c1n(-c1ccccc1)c1ccccc21. The zero-order chi connectivity index (χ0) is 66.4. The molecule has 5 aliphatic rings. The van der Waals surface area contributed by atoms with Crippen molar-refractivity contribution in [1.29, 1.82) is 0 Å². The van der Waals surface area contributed by atoms with Gasteiger partial charge in [-0.3, -0.25) is 0 Å². The Morgan fingerprint density at radius 3 is 1.68 bits per heavy atom. The second-order valence-corrected chi connectivity index (χ2v) is 28.6. The summed E-state index contributed by atoms with van der Waals surface area (Å²) < 4.78 is 10.3. The second kappa shape index (κ2) is 23.1. The minimum atomic E-state index is 0.155. The lowest BCUT2D eigenvalue weighted by atomic mass is 9.83. The lowest BCUT2D eigenvalue weighted by molar-refractivity contribution is 0.847. The van der Waals surface area contributed by atoms with Crippen LogP contribution in [0.3, 0.4) is 0 Å². The van der Waals surface area contributed by atoms with Gasteiger partial charge < -0.3 is 18.3 Å². The van der Waals surface area contributed by atoms with Crippen molar-refractivity contribution < 1.29 is 0 Å². The summed E-state index contributed by atoms with van der Waals surface area (Å²) in [6.07, 6.45) is 25.5. The Morgan fingerprint density at radius 1 is 0.376 bits per heavy atom. The quantitative estimate of drug-likeness (QED) is 0.130. The third-order valence-electron chi connectivity index (χ3n) is 23.3. The Labute approximate surface area is 588 Å². The lowest BCUT2D eigenvalue weighted by Gasteiger charge is -2.24. The molecule has 12 aromatic carbocycles. The van der Waals surface area contributed by atoms with Gasteiger partial charge in [-0.1, -0.05) is 224 Å². The lowest BCUT2D eigenvalue weighted by Crippen LogP contribution is -2.08. The van der Waals surface area contributed by atoms with Gasteiger partial charge in [-0.2, -0.15) is 0 Å². The predicted octanol–water partition coefficient (Wildman–Crippen LogP) is 24.9. The average molecular weight is 1290 g/mol. The van der Waals surface area contributed by atoms with E-state index in [0.717, 1.165) is 74.8 Å². The first-order valence-electron chi connectivity index (χ1n) is 36.4. The van der Waals surface area contributed by atoms with Crippen molar-refractivity contribution in [3.05, 3.63) is 364 Å². The average Bonchev–Trinajstić information content (AvgIpc) is 1.55. The van der Waals surface area contributed by atoms with E-state index in [9.17, 15) is 0 Å². The van der Waals surface area contributed by atoms with Gasteiger partial charge >= 0.3 is 0 Å². The van der Waals surface area contributed by atoms with E-state index in [4.69, 9.17) is 0 Å². The van der Waals surface area contributed by atoms with Crippen molar-refractivity contribution in [3.8, 4) is 45.0 Å². The molecule has 480 valence electrons. The maximum absolute atomic E-state index is 2.62. The standard InChI is InChI=1S/C97H72N4/c1-61-72(49-52-82-77-34-17-20-38-88(77)99(95(61)82)68-29-9-4-10-30-68)73-31-13-11-25-64(73)44-41-62-42-45-69(46-43-62)98-91-55-47-70(100-89-39-21-18-35-78(89)83-53-50-76-74-32-14-12-28-66(74)57-67(58-87(76)96(83)100)63-23-5-2-6-24-63)59-85(91)86-60-71(48-56-92(86)98)101-90-40-22-19-36-79(90)84-54-51-81-75-33-15-16-37-80(75)93(94(81)97(84)101)65-26-7-3-8-27-65/h2-5,7,9-23,25-26,28-40,42-43,45-48,50-51,53-56,58-60,93H,6,8,24,27,41,44,49,52,57H2,1H3. The highest BCUT2D eigenvalue weighted by Gasteiger charge is 2.36. The van der Waals surface area contributed by atoms with Crippen molar-refractivity contribution >= 4 is 93.5 Å². The molecule has 0 fully saturated rings. The Balaban J connectivity index is 0.735. The maximum atomic E-state index is 2.62. The summed E-state index contributed by atoms with van der Waals surface area (Å²) in [5.41, 5.74) is 38.1. The largest absolute Gasteiger partial charge is 0.309 e. The van der Waals surface area contributed by atoms with Crippen molar-refractivity contribution in [3.63, 3.8) is 0 Å². The first-order chi connectivity index (χ1) is 50.1. The first-order valence-corrected chi connectivity index (χ1v) is 36.4. The minimum Gasteiger partial charge on any atom is -0.309 e. The summed E-state index contributed by atoms with van der Waals surface area (Å²) in [6, 6.07) is 99.5. The van der Waals surface area contributed by atoms with Crippen LogP contribution >= 0.6 is 0 Å². The molecule has 5 aliphatic carbocycles. The van der Waals surface area contributed by atoms with E-state index >= 15 is 0 Å². The summed E-state index contributed by atoms with van der Waals surface area (Å²) in [5.74, 6) is 0.155. The summed E-state index contributed by atoms with van der Waals surface area (Å²) in [4.78, 5) is 0. The first kappa shape index (κ1) is 58.0. The van der Waals surface area contributed by atoms with Crippen molar-refractivity contribution in [2.75, 3.05) is 0 Å². The van der Waals surface area contributed by atoms with Gasteiger partial charge in [0.1, 0.15) is 0 Å². The molecule has 0 N–H and O–H groups in total. The Bertz CT molecular complexity index is 6410. The molecule has 0 saturated heterocycles. The van der Waals surface area contributed by atoms with Crippen LogP contribution in [0.15, 0.2) is 314 Å². The molecule has 4 heteroatoms. The van der Waals surface area contributed by atoms with Gasteiger partial charge in [0.25, 0.3) is 0 Å². The van der Waals surface area contributed by atoms with Gasteiger partial charge in [0.05, 0.1) is 44.3 Å². The van der Waals surface area contributed by atoms with Gasteiger partial charge in [0.2, 0.25) is 0 Å². The molecule has 0 spiro atoms. The number of aromatic nitrogens is 4. The van der Waals surface area contributed by atoms with Gasteiger partial charge in [-0.05, 0) is 233 Å². The summed E-state index contributed by atoms with van der Waals surface area (Å²) in [6.45, 7) is 2.37. The maximum Gasteiger partial charge on any atom is 0.0619 e. The third kappa shape index (κ3) is 8.93. The Kier molecular flexibility index (Phi) is 13.2. The zero-order valence-electron chi connectivity index (χ0n) is 56.6. The zero-order valence-corrected chi connectivity index (χ0v) is 56.6. The third-order valence-corrected chi connectivity index (χ3v) is 23.3. The molecule has 4 aromatic heterocycles. The van der Waals surface area contributed by atoms with Crippen LogP contribution in [0.1, 0.15) is 95.1 Å². The fourth-order valence-corrected chi connectivity index (χ4v) is 18.8. The summed E-state index contributed by atoms with van der Waals surface area (Å²) in [5, 5.41) is 8.89. The molecule has 4 heterocycles. The number of hydrogen-bond acceptors (Lipinski definition) is 0. The van der Waals surface area contributed by atoms with E-state index in [0.29, 0.717) is 0 Å². The Hall–Kier alpha value is -12.0. The van der Waals surface area contributed by atoms with Crippen LogP contribution in [0.25, 0.3) is 139 Å². The van der Waals surface area contributed by atoms with Crippen LogP contribution in [0.4, 0.5) is 0 Å². The molecule has 1 unspecified atom stereocenters. The van der Waals surface area contributed by atoms with E-state index in [1.165, 1.54) is 182 Å². The number of aryl methyl sites for hydroxylation is 3. The van der Waals surface area contributed by atoms with Crippen molar-refractivity contribution in [1.82, 2.24) is 18.3 Å². The normalized spacial score (nSPS) is 15.5. The van der Waals surface area contributed by atoms with E-state index < -0.39 is 0 Å². The molecule has 0 bridgehead atoms. The number of benzene rings is 12. The van der Waals surface area contributed by atoms with Gasteiger partial charge in [-0.15, -0.1) is 0 Å². The van der Waals surface area contributed by atoms with Crippen molar-refractivity contribution in [2.24, 2.45) is 0 Å². The number of nitrogens with zero attached hydrogens (tertiary/aromatic N) is 4. The second-order valence-electron chi connectivity index (χ2n) is 28.6. The number of allylic oxidation sites excluding steroid dienone is 11. The van der Waals surface area contributed by atoms with E-state index in [2.05, 4.69) is 329 Å². The highest BCUT2D eigenvalue weighted by molar-refractivity contribution is 6.17. The molecule has 1 atom stereocenters. The van der Waals surface area contributed by atoms with Gasteiger partial charge in [-0.25, -0.2) is 0 Å². The minimum absolute atomic E-state index is 0.155. The van der Waals surface area contributed by atoms with Crippen LogP contribution in [0, 0.1) is 0 Å². The number of hydrogen-bond donors (Lipinski definition) is 0. The molecule has 0 saturated carbocycles. The van der Waals surface area contributed by atoms with Crippen LogP contribution in [-0.2, 0) is 25.7 Å². The molecule has 21 rings (SSSR count). The molecule has 0 amide bonds. The fourth-order valence-electron chi connectivity index (χ4n) is 18.8. The van der Waals surface area contributed by atoms with Crippen LogP contribution in [-0.4, -0.2) is 18.3 Å². The molecule has 4 nitrogen and oxygen atoms in total. The van der Waals surface area contributed by atoms with Crippen LogP contribution in [0.2, 0.25) is 0 Å². The van der Waals surface area contributed by atoms with Crippen molar-refractivity contribution in [2.45, 2.75) is 70.6 Å². The van der Waals surface area contributed by atoms with Crippen LogP contribution in [0.5, 0.6) is 0 Å². The number of fused-ring (bicyclic) bond motifs is 20. The monoisotopic (exact) mass is 1290 g/mol. The fraction of sp³-hybridized carbons (Fsp3) is 0.113. The molecule has 0 radical (unpaired) electrons. The van der Waals surface area contributed by atoms with Gasteiger partial charge in [0, 0.05) is 71.9 Å². The van der Waals surface area contributed by atoms with E-state index in [-0.39, 0.29) is 5.92 Å². The van der Waals surface area contributed by atoms with E-state index in [1.807, 2.05) is 0 Å². The Morgan fingerprint density at radius 2 is 0.960 bits per heavy atom. The molecule has 0 aliphatic heterocycles. The number of rotatable bonds is 10. The molecular weight excluding hydrogens is 1220 g/mol. The smallest absolute Gasteiger partial charge is 0.0619 e. The number of para-hydroxylation sites is 4. The molecule has 101 heavy (non-hydrogen) atoms. The summed E-state index contributed by atoms with van der Waals surface area (Å²) in [7, 11) is 0. The highest BCUT2D eigenvalue weighted by atomic mass is 15.0. The van der Waals surface area contributed by atoms with Crippen LogP contribution < -0.4 is 0 Å². The highest BCUT2D eigenvalue weighted by Crippen LogP contribution is 2.55. The predicted molar refractivity (Wildman–Crippen MR) is 425 cm³/mol. The topological polar surface area (TPSA) is 19.7 Å². The van der Waals surface area contributed by atoms with Gasteiger partial charge in [0.15, 0.2) is 0 Å². The summed E-state index contributed by atoms with van der Waals surface area (Å²) >= 11 is 0. The molecule has 16 aromatic rings. The molecular formula is C97H72N4.